The smallest absolute Gasteiger partial charge is 0.257 e. The molecule has 0 radical (unpaired) electrons. The maximum Gasteiger partial charge on any atom is 0.257 e. The topological polar surface area (TPSA) is 45.5 Å². The molecule has 4 nitrogen and oxygen atoms in total. The molecule has 1 N–H and O–H groups in total. The lowest BCUT2D eigenvalue weighted by Crippen LogP contribution is -2.34. The lowest BCUT2D eigenvalue weighted by atomic mass is 10.1. The number of likely N-dealkylation sites (tertiary alicyclic amines) is 1. The van der Waals surface area contributed by atoms with Gasteiger partial charge in [0.25, 0.3) is 5.91 Å². The Balaban J connectivity index is 1.83. The summed E-state index contributed by atoms with van der Waals surface area (Å²) in [5, 5.41) is 3.47. The van der Waals surface area contributed by atoms with Gasteiger partial charge in [0, 0.05) is 24.7 Å². The molecule has 2 aliphatic heterocycles. The summed E-state index contributed by atoms with van der Waals surface area (Å²) < 4.78 is 5.56. The first kappa shape index (κ1) is 11.8. The Morgan fingerprint density at radius 3 is 2.67 bits per heavy atom. The van der Waals surface area contributed by atoms with Crippen molar-refractivity contribution in [1.82, 2.24) is 10.2 Å². The first-order valence-corrected chi connectivity index (χ1v) is 6.67. The van der Waals surface area contributed by atoms with Gasteiger partial charge >= 0.3 is 0 Å². The van der Waals surface area contributed by atoms with E-state index in [9.17, 15) is 4.79 Å². The van der Waals surface area contributed by atoms with Crippen molar-refractivity contribution in [1.29, 1.82) is 0 Å². The van der Waals surface area contributed by atoms with Crippen LogP contribution in [-0.2, 0) is 0 Å². The van der Waals surface area contributed by atoms with Gasteiger partial charge in [-0.15, -0.1) is 0 Å². The van der Waals surface area contributed by atoms with Crippen molar-refractivity contribution in [2.75, 3.05) is 19.6 Å². The number of rotatable bonds is 1. The van der Waals surface area contributed by atoms with Crippen LogP contribution in [0.15, 0.2) is 4.42 Å². The number of aryl methyl sites for hydroxylation is 2. The lowest BCUT2D eigenvalue weighted by molar-refractivity contribution is 0.0780. The molecule has 0 spiro atoms. The fraction of sp³-hybridized carbons (Fsp3) is 0.643. The molecule has 2 fully saturated rings. The maximum atomic E-state index is 12.6. The second-order valence-corrected chi connectivity index (χ2v) is 5.53. The van der Waals surface area contributed by atoms with Crippen LogP contribution in [0, 0.1) is 26.7 Å². The molecule has 4 heteroatoms. The number of fused-ring (bicyclic) bond motifs is 1. The third kappa shape index (κ3) is 1.67. The van der Waals surface area contributed by atoms with Crippen LogP contribution >= 0.6 is 0 Å². The van der Waals surface area contributed by atoms with E-state index in [1.807, 2.05) is 25.7 Å². The van der Waals surface area contributed by atoms with Crippen LogP contribution in [-0.4, -0.2) is 36.5 Å². The zero-order chi connectivity index (χ0) is 12.9. The minimum atomic E-state index is 0.137. The van der Waals surface area contributed by atoms with Crippen LogP contribution in [0.2, 0.25) is 0 Å². The number of hydrogen-bond acceptors (Lipinski definition) is 3. The van der Waals surface area contributed by atoms with Crippen molar-refractivity contribution in [3.05, 3.63) is 22.6 Å². The molecule has 0 saturated carbocycles. The number of amides is 1. The van der Waals surface area contributed by atoms with Crippen molar-refractivity contribution in [3.63, 3.8) is 0 Å². The Hall–Kier alpha value is -1.29. The summed E-state index contributed by atoms with van der Waals surface area (Å²) in [5.41, 5.74) is 1.76. The number of furan rings is 1. The highest BCUT2D eigenvalue weighted by Crippen LogP contribution is 2.28. The molecule has 3 rings (SSSR count). The van der Waals surface area contributed by atoms with Gasteiger partial charge in [0.15, 0.2) is 0 Å². The van der Waals surface area contributed by atoms with Crippen LogP contribution < -0.4 is 5.32 Å². The van der Waals surface area contributed by atoms with Crippen LogP contribution in [0.5, 0.6) is 0 Å². The Labute approximate surface area is 107 Å². The lowest BCUT2D eigenvalue weighted by Gasteiger charge is -2.17. The Morgan fingerprint density at radius 1 is 1.28 bits per heavy atom. The molecule has 0 bridgehead atoms. The predicted molar refractivity (Wildman–Crippen MR) is 68.7 cm³/mol. The van der Waals surface area contributed by atoms with Crippen LogP contribution in [0.3, 0.4) is 0 Å². The third-order valence-corrected chi connectivity index (χ3v) is 4.43. The summed E-state index contributed by atoms with van der Waals surface area (Å²) in [4.78, 5) is 14.5. The van der Waals surface area contributed by atoms with Gasteiger partial charge in [0.05, 0.1) is 5.56 Å². The number of hydrogen-bond donors (Lipinski definition) is 1. The minimum Gasteiger partial charge on any atom is -0.466 e. The highest BCUT2D eigenvalue weighted by molar-refractivity contribution is 5.97. The molecule has 18 heavy (non-hydrogen) atoms. The zero-order valence-corrected chi connectivity index (χ0v) is 11.2. The van der Waals surface area contributed by atoms with E-state index in [0.717, 1.165) is 42.3 Å². The quantitative estimate of drug-likeness (QED) is 0.821. The van der Waals surface area contributed by atoms with E-state index in [4.69, 9.17) is 4.42 Å². The van der Waals surface area contributed by atoms with Crippen LogP contribution in [0.1, 0.15) is 33.9 Å². The third-order valence-electron chi connectivity index (χ3n) is 4.43. The molecule has 2 saturated heterocycles. The second-order valence-electron chi connectivity index (χ2n) is 5.53. The van der Waals surface area contributed by atoms with Gasteiger partial charge in [-0.2, -0.15) is 0 Å². The van der Waals surface area contributed by atoms with Crippen molar-refractivity contribution < 1.29 is 9.21 Å². The van der Waals surface area contributed by atoms with E-state index in [0.29, 0.717) is 12.0 Å². The monoisotopic (exact) mass is 248 g/mol. The van der Waals surface area contributed by atoms with Crippen molar-refractivity contribution in [2.24, 2.45) is 5.92 Å². The summed E-state index contributed by atoms with van der Waals surface area (Å²) in [6.45, 7) is 8.59. The van der Waals surface area contributed by atoms with Gasteiger partial charge < -0.3 is 14.6 Å². The number of nitrogens with zero attached hydrogens (tertiary/aromatic N) is 1. The van der Waals surface area contributed by atoms with Crippen molar-refractivity contribution in [2.45, 2.75) is 33.2 Å². The van der Waals surface area contributed by atoms with E-state index >= 15 is 0 Å². The largest absolute Gasteiger partial charge is 0.466 e. The van der Waals surface area contributed by atoms with E-state index < -0.39 is 0 Å². The average Bonchev–Trinajstić information content (AvgIpc) is 2.93. The first-order chi connectivity index (χ1) is 8.58. The molecule has 0 aliphatic carbocycles. The summed E-state index contributed by atoms with van der Waals surface area (Å²) >= 11 is 0. The number of nitrogens with one attached hydrogen (secondary N) is 1. The fourth-order valence-corrected chi connectivity index (χ4v) is 3.28. The van der Waals surface area contributed by atoms with Gasteiger partial charge in [-0.3, -0.25) is 4.79 Å². The van der Waals surface area contributed by atoms with E-state index in [2.05, 4.69) is 5.32 Å². The highest BCUT2D eigenvalue weighted by Gasteiger charge is 2.39. The second kappa shape index (κ2) is 4.12. The van der Waals surface area contributed by atoms with E-state index in [-0.39, 0.29) is 5.91 Å². The highest BCUT2D eigenvalue weighted by atomic mass is 16.3. The molecule has 0 aromatic carbocycles. The number of carbonyl (C=O) groups is 1. The Bertz CT molecular complexity index is 480. The van der Waals surface area contributed by atoms with E-state index in [1.165, 1.54) is 6.42 Å². The van der Waals surface area contributed by atoms with Crippen molar-refractivity contribution in [3.8, 4) is 0 Å². The standard InChI is InChI=1S/C14H20N2O2/c1-8-9(2)18-10(3)13(8)14(17)16-6-11-4-5-15-12(11)7-16/h11-12,15H,4-7H2,1-3H3/t11-,12+/m0/s1. The molecule has 1 amide bonds. The fourth-order valence-electron chi connectivity index (χ4n) is 3.28. The summed E-state index contributed by atoms with van der Waals surface area (Å²) in [7, 11) is 0. The molecular formula is C14H20N2O2. The van der Waals surface area contributed by atoms with Crippen molar-refractivity contribution >= 4 is 5.91 Å². The predicted octanol–water partition coefficient (Wildman–Crippen LogP) is 1.64. The van der Waals surface area contributed by atoms with Gasteiger partial charge in [0.1, 0.15) is 11.5 Å². The molecule has 1 aromatic rings. The van der Waals surface area contributed by atoms with Gasteiger partial charge in [-0.05, 0) is 39.7 Å². The minimum absolute atomic E-state index is 0.137. The molecule has 2 atom stereocenters. The summed E-state index contributed by atoms with van der Waals surface area (Å²) in [6.07, 6.45) is 1.19. The van der Waals surface area contributed by atoms with Gasteiger partial charge in [-0.1, -0.05) is 0 Å². The van der Waals surface area contributed by atoms with Crippen LogP contribution in [0.25, 0.3) is 0 Å². The molecule has 2 aliphatic rings. The zero-order valence-electron chi connectivity index (χ0n) is 11.2. The molecule has 0 unspecified atom stereocenters. The maximum absolute atomic E-state index is 12.6. The molecule has 98 valence electrons. The normalized spacial score (nSPS) is 26.7. The first-order valence-electron chi connectivity index (χ1n) is 6.67. The van der Waals surface area contributed by atoms with E-state index in [1.54, 1.807) is 0 Å². The van der Waals surface area contributed by atoms with Gasteiger partial charge in [-0.25, -0.2) is 0 Å². The summed E-state index contributed by atoms with van der Waals surface area (Å²) in [6, 6.07) is 0.502. The SMILES string of the molecule is Cc1oc(C)c(C(=O)N2C[C@@H]3CCN[C@@H]3C2)c1C. The molecule has 3 heterocycles. The molecule has 1 aromatic heterocycles. The Morgan fingerprint density at radius 2 is 2.06 bits per heavy atom. The summed E-state index contributed by atoms with van der Waals surface area (Å²) in [5.74, 6) is 2.38. The number of carbonyl (C=O) groups excluding carboxylic acids is 1. The Kier molecular flexibility index (Phi) is 2.70. The average molecular weight is 248 g/mol. The van der Waals surface area contributed by atoms with Crippen LogP contribution in [0.4, 0.5) is 0 Å². The molecular weight excluding hydrogens is 228 g/mol. The van der Waals surface area contributed by atoms with Gasteiger partial charge in [0.2, 0.25) is 0 Å².